The smallest absolute Gasteiger partial charge is 0.249 e. The Balaban J connectivity index is 0.00000259. The van der Waals surface area contributed by atoms with Crippen molar-refractivity contribution in [1.82, 2.24) is 19.7 Å². The molecule has 2 aliphatic heterocycles. The normalized spacial score (nSPS) is 17.1. The van der Waals surface area contributed by atoms with Gasteiger partial charge < -0.3 is 15.1 Å². The number of likely N-dealkylation sites (N-methyl/N-ethyl adjacent to an activating group) is 1. The Morgan fingerprint density at radius 1 is 1.21 bits per heavy atom. The molecule has 1 atom stereocenters. The SMILES string of the molecule is CC(C)c1cccc(Cn2cc(CNc3ncc4c(n3)N3CCC[C@H]3C(=O)N4C)cn2)c1.S. The molecule has 1 aromatic carbocycles. The third-order valence-corrected chi connectivity index (χ3v) is 6.35. The minimum Gasteiger partial charge on any atom is -0.350 e. The van der Waals surface area contributed by atoms with E-state index in [4.69, 9.17) is 4.98 Å². The molecular weight excluding hydrogens is 434 g/mol. The summed E-state index contributed by atoms with van der Waals surface area (Å²) in [6, 6.07) is 8.57. The van der Waals surface area contributed by atoms with Gasteiger partial charge in [0.05, 0.1) is 18.9 Å². The first kappa shape index (κ1) is 23.1. The summed E-state index contributed by atoms with van der Waals surface area (Å²) in [5, 5.41) is 7.83. The van der Waals surface area contributed by atoms with E-state index in [1.165, 1.54) is 11.1 Å². The maximum absolute atomic E-state index is 12.6. The molecule has 1 N–H and O–H groups in total. The highest BCUT2D eigenvalue weighted by Crippen LogP contribution is 2.37. The zero-order valence-corrected chi connectivity index (χ0v) is 20.3. The van der Waals surface area contributed by atoms with Crippen molar-refractivity contribution in [2.45, 2.75) is 51.7 Å². The van der Waals surface area contributed by atoms with Crippen molar-refractivity contribution < 1.29 is 4.79 Å². The summed E-state index contributed by atoms with van der Waals surface area (Å²) in [7, 11) is 1.80. The molecule has 1 fully saturated rings. The molecule has 1 amide bonds. The number of carbonyl (C=O) groups excluding carboxylic acids is 1. The molecule has 5 rings (SSSR count). The van der Waals surface area contributed by atoms with Crippen LogP contribution in [0.15, 0.2) is 42.9 Å². The fourth-order valence-corrected chi connectivity index (χ4v) is 4.52. The molecule has 9 heteroatoms. The van der Waals surface area contributed by atoms with Gasteiger partial charge in [0, 0.05) is 31.9 Å². The average Bonchev–Trinajstić information content (AvgIpc) is 3.46. The highest BCUT2D eigenvalue weighted by molar-refractivity contribution is 7.59. The second-order valence-electron chi connectivity index (χ2n) is 8.95. The Kier molecular flexibility index (Phi) is 6.60. The van der Waals surface area contributed by atoms with Crippen LogP contribution < -0.4 is 15.1 Å². The van der Waals surface area contributed by atoms with Crippen LogP contribution in [0.4, 0.5) is 17.5 Å². The number of hydrogen-bond acceptors (Lipinski definition) is 6. The van der Waals surface area contributed by atoms with Crippen LogP contribution in [0.5, 0.6) is 0 Å². The van der Waals surface area contributed by atoms with Crippen molar-refractivity contribution in [3.8, 4) is 0 Å². The van der Waals surface area contributed by atoms with Gasteiger partial charge in [0.25, 0.3) is 0 Å². The van der Waals surface area contributed by atoms with Crippen LogP contribution in [0.2, 0.25) is 0 Å². The van der Waals surface area contributed by atoms with Crippen LogP contribution >= 0.6 is 13.5 Å². The fourth-order valence-electron chi connectivity index (χ4n) is 4.52. The Hall–Kier alpha value is -3.07. The summed E-state index contributed by atoms with van der Waals surface area (Å²) in [5.74, 6) is 2.05. The van der Waals surface area contributed by atoms with Gasteiger partial charge in [0.1, 0.15) is 11.7 Å². The lowest BCUT2D eigenvalue weighted by molar-refractivity contribution is -0.119. The van der Waals surface area contributed by atoms with Crippen LogP contribution in [0.25, 0.3) is 0 Å². The first-order valence-electron chi connectivity index (χ1n) is 11.2. The summed E-state index contributed by atoms with van der Waals surface area (Å²) in [4.78, 5) is 25.5. The molecule has 2 aromatic heterocycles. The maximum atomic E-state index is 12.6. The monoisotopic (exact) mass is 465 g/mol. The number of amides is 1. The van der Waals surface area contributed by atoms with Crippen LogP contribution in [0.1, 0.15) is 49.3 Å². The van der Waals surface area contributed by atoms with Crippen LogP contribution in [0.3, 0.4) is 0 Å². The highest BCUT2D eigenvalue weighted by Gasteiger charge is 2.40. The molecule has 0 saturated carbocycles. The largest absolute Gasteiger partial charge is 0.350 e. The quantitative estimate of drug-likeness (QED) is 0.600. The Bertz CT molecular complexity index is 1150. The average molecular weight is 466 g/mol. The number of benzene rings is 1. The van der Waals surface area contributed by atoms with Crippen molar-refractivity contribution in [2.75, 3.05) is 28.7 Å². The molecule has 4 heterocycles. The molecule has 0 radical (unpaired) electrons. The molecule has 0 unspecified atom stereocenters. The fraction of sp³-hybridized carbons (Fsp3) is 0.417. The number of hydrogen-bond donors (Lipinski definition) is 1. The van der Waals surface area contributed by atoms with Gasteiger partial charge in [-0.3, -0.25) is 9.48 Å². The Morgan fingerprint density at radius 3 is 2.88 bits per heavy atom. The number of anilines is 3. The summed E-state index contributed by atoms with van der Waals surface area (Å²) in [6.45, 7) is 6.60. The number of rotatable bonds is 6. The summed E-state index contributed by atoms with van der Waals surface area (Å²) in [5.41, 5.74) is 4.43. The molecule has 8 nitrogen and oxygen atoms in total. The molecule has 3 aromatic rings. The number of aromatic nitrogens is 4. The lowest BCUT2D eigenvalue weighted by Crippen LogP contribution is -2.49. The van der Waals surface area contributed by atoms with Crippen molar-refractivity contribution >= 4 is 36.9 Å². The molecule has 174 valence electrons. The van der Waals surface area contributed by atoms with Crippen LogP contribution in [0, 0.1) is 0 Å². The second-order valence-corrected chi connectivity index (χ2v) is 8.95. The maximum Gasteiger partial charge on any atom is 0.249 e. The molecule has 0 bridgehead atoms. The van der Waals surface area contributed by atoms with Gasteiger partial charge in [-0.25, -0.2) is 4.98 Å². The van der Waals surface area contributed by atoms with Gasteiger partial charge in [-0.15, -0.1) is 0 Å². The lowest BCUT2D eigenvalue weighted by atomic mass is 10.0. The predicted molar refractivity (Wildman–Crippen MR) is 135 cm³/mol. The third kappa shape index (κ3) is 4.55. The summed E-state index contributed by atoms with van der Waals surface area (Å²) < 4.78 is 1.96. The first-order chi connectivity index (χ1) is 15.5. The van der Waals surface area contributed by atoms with Crippen molar-refractivity contribution in [1.29, 1.82) is 0 Å². The number of carbonyl (C=O) groups is 1. The van der Waals surface area contributed by atoms with Gasteiger partial charge in [0.2, 0.25) is 11.9 Å². The molecular formula is C24H31N7OS. The van der Waals surface area contributed by atoms with E-state index in [2.05, 4.69) is 64.6 Å². The highest BCUT2D eigenvalue weighted by atomic mass is 32.1. The summed E-state index contributed by atoms with van der Waals surface area (Å²) >= 11 is 0. The van der Waals surface area contributed by atoms with Gasteiger partial charge in [-0.1, -0.05) is 38.1 Å². The van der Waals surface area contributed by atoms with E-state index in [9.17, 15) is 4.79 Å². The minimum atomic E-state index is -0.0947. The first-order valence-corrected chi connectivity index (χ1v) is 11.2. The van der Waals surface area contributed by atoms with Crippen LogP contribution in [-0.4, -0.2) is 45.3 Å². The van der Waals surface area contributed by atoms with E-state index in [0.717, 1.165) is 43.0 Å². The number of nitrogens with one attached hydrogen (secondary N) is 1. The predicted octanol–water partition coefficient (Wildman–Crippen LogP) is 3.51. The van der Waals surface area contributed by atoms with E-state index >= 15 is 0 Å². The number of fused-ring (bicyclic) bond motifs is 3. The zero-order chi connectivity index (χ0) is 22.2. The third-order valence-electron chi connectivity index (χ3n) is 6.35. The standard InChI is InChI=1S/C24H29N7O.H2S/c1-16(2)19-7-4-6-17(10-19)14-30-15-18(12-27-30)11-25-24-26-13-21-22(28-24)31-9-5-8-20(31)23(32)29(21)3;/h4,6-7,10,12-13,15-16,20H,5,8-9,11,14H2,1-3H3,(H,25,26,28);1H2/t20-;/m0./s1. The van der Waals surface area contributed by atoms with Gasteiger partial charge in [-0.05, 0) is 29.9 Å². The molecule has 0 aliphatic carbocycles. The molecule has 33 heavy (non-hydrogen) atoms. The second kappa shape index (κ2) is 9.43. The van der Waals surface area contributed by atoms with Gasteiger partial charge in [-0.2, -0.15) is 23.6 Å². The minimum absolute atomic E-state index is 0. The van der Waals surface area contributed by atoms with Crippen molar-refractivity contribution in [2.24, 2.45) is 0 Å². The van der Waals surface area contributed by atoms with E-state index in [0.29, 0.717) is 18.4 Å². The molecule has 2 aliphatic rings. The topological polar surface area (TPSA) is 79.2 Å². The number of nitrogens with zero attached hydrogens (tertiary/aromatic N) is 6. The molecule has 0 spiro atoms. The van der Waals surface area contributed by atoms with E-state index in [1.807, 2.05) is 10.9 Å². The van der Waals surface area contributed by atoms with Crippen molar-refractivity contribution in [3.05, 3.63) is 59.5 Å². The lowest BCUT2D eigenvalue weighted by Gasteiger charge is -2.36. The Labute approximate surface area is 201 Å². The van der Waals surface area contributed by atoms with E-state index in [-0.39, 0.29) is 25.4 Å². The Morgan fingerprint density at radius 2 is 2.06 bits per heavy atom. The van der Waals surface area contributed by atoms with Gasteiger partial charge >= 0.3 is 0 Å². The van der Waals surface area contributed by atoms with Gasteiger partial charge in [0.15, 0.2) is 5.82 Å². The van der Waals surface area contributed by atoms with Crippen molar-refractivity contribution in [3.63, 3.8) is 0 Å². The van der Waals surface area contributed by atoms with E-state index < -0.39 is 0 Å². The summed E-state index contributed by atoms with van der Waals surface area (Å²) in [6.07, 6.45) is 7.56. The van der Waals surface area contributed by atoms with E-state index in [1.54, 1.807) is 18.1 Å². The molecule has 1 saturated heterocycles. The van der Waals surface area contributed by atoms with Crippen LogP contribution in [-0.2, 0) is 17.9 Å². The zero-order valence-electron chi connectivity index (χ0n) is 19.3.